The van der Waals surface area contributed by atoms with Gasteiger partial charge in [0.1, 0.15) is 0 Å². The van der Waals surface area contributed by atoms with Gasteiger partial charge in [0, 0.05) is 30.7 Å². The molecule has 1 aromatic heterocycles. The molecule has 2 aromatic rings. The highest BCUT2D eigenvalue weighted by molar-refractivity contribution is 6.31. The van der Waals surface area contributed by atoms with E-state index in [1.165, 1.54) is 0 Å². The van der Waals surface area contributed by atoms with Crippen LogP contribution < -0.4 is 0 Å². The highest BCUT2D eigenvalue weighted by Gasteiger charge is 2.27. The molecule has 0 bridgehead atoms. The Morgan fingerprint density at radius 1 is 1.45 bits per heavy atom. The van der Waals surface area contributed by atoms with Crippen molar-refractivity contribution < 1.29 is 4.79 Å². The molecule has 1 aromatic carbocycles. The van der Waals surface area contributed by atoms with Gasteiger partial charge < -0.3 is 4.90 Å². The molecule has 1 aliphatic heterocycles. The van der Waals surface area contributed by atoms with E-state index in [0.717, 1.165) is 42.1 Å². The van der Waals surface area contributed by atoms with E-state index < -0.39 is 0 Å². The summed E-state index contributed by atoms with van der Waals surface area (Å²) >= 11 is 6.02. The van der Waals surface area contributed by atoms with Gasteiger partial charge in [-0.25, -0.2) is 4.68 Å². The van der Waals surface area contributed by atoms with Crippen molar-refractivity contribution in [1.82, 2.24) is 19.9 Å². The Labute approximate surface area is 134 Å². The summed E-state index contributed by atoms with van der Waals surface area (Å²) in [6, 6.07) is 6.19. The van der Waals surface area contributed by atoms with Crippen LogP contribution in [0.2, 0.25) is 5.02 Å². The summed E-state index contributed by atoms with van der Waals surface area (Å²) in [5, 5.41) is 8.62. The van der Waals surface area contributed by atoms with Crippen LogP contribution in [0.1, 0.15) is 30.0 Å². The van der Waals surface area contributed by atoms with E-state index in [4.69, 9.17) is 11.6 Å². The molecule has 0 radical (unpaired) electrons. The third-order valence-corrected chi connectivity index (χ3v) is 4.61. The molecule has 1 unspecified atom stereocenters. The second kappa shape index (κ2) is 6.48. The number of likely N-dealkylation sites (tertiary alicyclic amines) is 1. The van der Waals surface area contributed by atoms with Gasteiger partial charge in [-0.3, -0.25) is 4.79 Å². The zero-order valence-electron chi connectivity index (χ0n) is 12.6. The van der Waals surface area contributed by atoms with Crippen molar-refractivity contribution in [2.24, 2.45) is 0 Å². The summed E-state index contributed by atoms with van der Waals surface area (Å²) in [6.07, 6.45) is 5.75. The normalized spacial score (nSPS) is 17.9. The number of carbonyl (C=O) groups is 1. The maximum atomic E-state index is 12.3. The van der Waals surface area contributed by atoms with Gasteiger partial charge in [0.15, 0.2) is 0 Å². The topological polar surface area (TPSA) is 51.0 Å². The number of carbonyl (C=O) groups excluding carboxylic acids is 1. The zero-order valence-corrected chi connectivity index (χ0v) is 13.3. The van der Waals surface area contributed by atoms with Crippen LogP contribution in [0.25, 0.3) is 0 Å². The molecule has 5 nitrogen and oxygen atoms in total. The fourth-order valence-corrected chi connectivity index (χ4v) is 2.99. The van der Waals surface area contributed by atoms with Crippen LogP contribution in [0.3, 0.4) is 0 Å². The zero-order chi connectivity index (χ0) is 15.5. The van der Waals surface area contributed by atoms with E-state index in [2.05, 4.69) is 16.4 Å². The minimum Gasteiger partial charge on any atom is -0.340 e. The first-order valence-corrected chi connectivity index (χ1v) is 7.90. The van der Waals surface area contributed by atoms with E-state index in [0.29, 0.717) is 6.42 Å². The van der Waals surface area contributed by atoms with Crippen molar-refractivity contribution in [3.63, 3.8) is 0 Å². The van der Waals surface area contributed by atoms with Crippen LogP contribution >= 0.6 is 11.6 Å². The molecule has 6 heteroatoms. The number of hydrogen-bond donors (Lipinski definition) is 0. The Hall–Kier alpha value is -1.88. The van der Waals surface area contributed by atoms with Crippen molar-refractivity contribution in [2.75, 3.05) is 13.1 Å². The number of benzene rings is 1. The Morgan fingerprint density at radius 2 is 2.32 bits per heavy atom. The SMILES string of the molecule is Cc1cc(CCC(=O)N2CCC(n3ccnn3)C2)ccc1Cl. The van der Waals surface area contributed by atoms with Crippen molar-refractivity contribution in [2.45, 2.75) is 32.2 Å². The van der Waals surface area contributed by atoms with Crippen LogP contribution in [-0.2, 0) is 11.2 Å². The molecular weight excluding hydrogens is 300 g/mol. The summed E-state index contributed by atoms with van der Waals surface area (Å²) in [5.41, 5.74) is 2.21. The highest BCUT2D eigenvalue weighted by Crippen LogP contribution is 2.22. The highest BCUT2D eigenvalue weighted by atomic mass is 35.5. The van der Waals surface area contributed by atoms with Gasteiger partial charge in [-0.2, -0.15) is 0 Å². The fourth-order valence-electron chi connectivity index (χ4n) is 2.87. The minimum absolute atomic E-state index is 0.204. The van der Waals surface area contributed by atoms with Crippen LogP contribution in [0.5, 0.6) is 0 Å². The molecule has 2 heterocycles. The largest absolute Gasteiger partial charge is 0.340 e. The predicted octanol–water partition coefficient (Wildman–Crippen LogP) is 2.65. The van der Waals surface area contributed by atoms with Gasteiger partial charge in [0.05, 0.1) is 12.2 Å². The lowest BCUT2D eigenvalue weighted by Gasteiger charge is -2.16. The number of nitrogens with zero attached hydrogens (tertiary/aromatic N) is 4. The summed E-state index contributed by atoms with van der Waals surface area (Å²) < 4.78 is 1.84. The van der Waals surface area contributed by atoms with Gasteiger partial charge >= 0.3 is 0 Å². The number of rotatable bonds is 4. The molecule has 22 heavy (non-hydrogen) atoms. The van der Waals surface area contributed by atoms with Crippen molar-refractivity contribution in [1.29, 1.82) is 0 Å². The number of halogens is 1. The van der Waals surface area contributed by atoms with E-state index in [1.54, 1.807) is 6.20 Å². The predicted molar refractivity (Wildman–Crippen MR) is 84.8 cm³/mol. The maximum Gasteiger partial charge on any atom is 0.222 e. The molecule has 0 saturated carbocycles. The molecule has 0 N–H and O–H groups in total. The van der Waals surface area contributed by atoms with E-state index in [-0.39, 0.29) is 11.9 Å². The van der Waals surface area contributed by atoms with Crippen LogP contribution in [0.4, 0.5) is 0 Å². The van der Waals surface area contributed by atoms with E-state index >= 15 is 0 Å². The van der Waals surface area contributed by atoms with Crippen LogP contribution in [0, 0.1) is 6.92 Å². The maximum absolute atomic E-state index is 12.3. The van der Waals surface area contributed by atoms with Gasteiger partial charge in [-0.1, -0.05) is 28.9 Å². The third-order valence-electron chi connectivity index (χ3n) is 4.18. The number of aromatic nitrogens is 3. The third kappa shape index (κ3) is 3.30. The Morgan fingerprint density at radius 3 is 3.05 bits per heavy atom. The Kier molecular flexibility index (Phi) is 4.43. The smallest absolute Gasteiger partial charge is 0.222 e. The average molecular weight is 319 g/mol. The van der Waals surface area contributed by atoms with Crippen molar-refractivity contribution >= 4 is 17.5 Å². The molecule has 3 rings (SSSR count). The number of amides is 1. The summed E-state index contributed by atoms with van der Waals surface area (Å²) in [7, 11) is 0. The molecular formula is C16H19ClN4O. The number of hydrogen-bond acceptors (Lipinski definition) is 3. The average Bonchev–Trinajstić information content (AvgIpc) is 3.18. The lowest BCUT2D eigenvalue weighted by molar-refractivity contribution is -0.130. The number of aryl methyl sites for hydroxylation is 2. The minimum atomic E-state index is 0.204. The first-order valence-electron chi connectivity index (χ1n) is 7.52. The van der Waals surface area contributed by atoms with Gasteiger partial charge in [-0.15, -0.1) is 5.10 Å². The molecule has 0 aliphatic carbocycles. The van der Waals surface area contributed by atoms with Gasteiger partial charge in [0.2, 0.25) is 5.91 Å². The Balaban J connectivity index is 1.53. The second-order valence-electron chi connectivity index (χ2n) is 5.75. The molecule has 1 aliphatic rings. The fraction of sp³-hybridized carbons (Fsp3) is 0.438. The first-order chi connectivity index (χ1) is 10.6. The quantitative estimate of drug-likeness (QED) is 0.871. The van der Waals surface area contributed by atoms with Crippen molar-refractivity contribution in [3.8, 4) is 0 Å². The molecule has 1 atom stereocenters. The van der Waals surface area contributed by atoms with Crippen molar-refractivity contribution in [3.05, 3.63) is 46.7 Å². The summed E-state index contributed by atoms with van der Waals surface area (Å²) in [5.74, 6) is 0.204. The molecule has 1 fully saturated rings. The molecule has 116 valence electrons. The van der Waals surface area contributed by atoms with Gasteiger partial charge in [0.25, 0.3) is 0 Å². The standard InChI is InChI=1S/C16H19ClN4O/c1-12-10-13(2-4-15(12)17)3-5-16(22)20-8-6-14(11-20)21-9-7-18-19-21/h2,4,7,9-10,14H,3,5-6,8,11H2,1H3. The van der Waals surface area contributed by atoms with Crippen LogP contribution in [0.15, 0.2) is 30.6 Å². The lowest BCUT2D eigenvalue weighted by Crippen LogP contribution is -2.29. The van der Waals surface area contributed by atoms with Crippen LogP contribution in [-0.4, -0.2) is 38.9 Å². The summed E-state index contributed by atoms with van der Waals surface area (Å²) in [6.45, 7) is 3.50. The molecule has 1 amide bonds. The van der Waals surface area contributed by atoms with Gasteiger partial charge in [-0.05, 0) is 37.0 Å². The molecule has 0 spiro atoms. The molecule has 1 saturated heterocycles. The monoisotopic (exact) mass is 318 g/mol. The first kappa shape index (κ1) is 15.0. The van der Waals surface area contributed by atoms with E-state index in [1.807, 2.05) is 34.8 Å². The lowest BCUT2D eigenvalue weighted by atomic mass is 10.1. The van der Waals surface area contributed by atoms with E-state index in [9.17, 15) is 4.79 Å². The second-order valence-corrected chi connectivity index (χ2v) is 6.16. The summed E-state index contributed by atoms with van der Waals surface area (Å²) in [4.78, 5) is 14.3. The Bertz CT molecular complexity index is 656.